The Balaban J connectivity index is 1.81. The molecule has 30 heavy (non-hydrogen) atoms. The van der Waals surface area contributed by atoms with Gasteiger partial charge in [0.2, 0.25) is 0 Å². The molecule has 0 radical (unpaired) electrons. The Bertz CT molecular complexity index is 990. The van der Waals surface area contributed by atoms with Crippen molar-refractivity contribution in [3.05, 3.63) is 88.9 Å². The molecule has 156 valence electrons. The van der Waals surface area contributed by atoms with Crippen molar-refractivity contribution in [1.82, 2.24) is 0 Å². The maximum Gasteiger partial charge on any atom is 0.322 e. The third kappa shape index (κ3) is 4.26. The zero-order valence-electron chi connectivity index (χ0n) is 18.2. The van der Waals surface area contributed by atoms with Crippen LogP contribution in [0.25, 0.3) is 5.57 Å². The van der Waals surface area contributed by atoms with Gasteiger partial charge in [0.05, 0.1) is 6.26 Å². The molecule has 0 saturated heterocycles. The van der Waals surface area contributed by atoms with Crippen molar-refractivity contribution in [3.8, 4) is 0 Å². The highest BCUT2D eigenvalue weighted by molar-refractivity contribution is 5.85. The maximum absolute atomic E-state index is 13.6. The van der Waals surface area contributed by atoms with Crippen LogP contribution in [0.1, 0.15) is 69.6 Å². The van der Waals surface area contributed by atoms with E-state index < -0.39 is 0 Å². The number of halogens is 1. The summed E-state index contributed by atoms with van der Waals surface area (Å²) in [6.07, 6.45) is 6.45. The van der Waals surface area contributed by atoms with E-state index in [9.17, 15) is 9.18 Å². The van der Waals surface area contributed by atoms with Crippen molar-refractivity contribution in [3.63, 3.8) is 0 Å². The molecule has 0 aromatic heterocycles. The fourth-order valence-electron chi connectivity index (χ4n) is 5.45. The first-order valence-electron chi connectivity index (χ1n) is 10.6. The number of allylic oxidation sites excluding steroid dienone is 1. The third-order valence-corrected chi connectivity index (χ3v) is 6.10. The standard InChI is InChI=1S/C27H29FO2/c1-26(2)15-21(16-27(3,4)17-26)24(20-9-11-22(28)12-10-20)19-7-5-18(6-8-19)23-13-14-30-25(23)29/h5-14,23H,15-17H2,1-4H3. The highest BCUT2D eigenvalue weighted by Gasteiger charge is 2.37. The van der Waals surface area contributed by atoms with Crippen LogP contribution >= 0.6 is 0 Å². The predicted octanol–water partition coefficient (Wildman–Crippen LogP) is 7.02. The highest BCUT2D eigenvalue weighted by atomic mass is 19.1. The Morgan fingerprint density at radius 3 is 1.93 bits per heavy atom. The van der Waals surface area contributed by atoms with Gasteiger partial charge in [-0.05, 0) is 70.6 Å². The van der Waals surface area contributed by atoms with Gasteiger partial charge in [-0.3, -0.25) is 4.79 Å². The van der Waals surface area contributed by atoms with Crippen LogP contribution in [0.3, 0.4) is 0 Å². The van der Waals surface area contributed by atoms with Gasteiger partial charge in [-0.1, -0.05) is 69.7 Å². The summed E-state index contributed by atoms with van der Waals surface area (Å²) in [6.45, 7) is 9.32. The van der Waals surface area contributed by atoms with Crippen molar-refractivity contribution in [2.75, 3.05) is 0 Å². The minimum absolute atomic E-state index is 0.209. The number of esters is 1. The van der Waals surface area contributed by atoms with Gasteiger partial charge in [0.15, 0.2) is 0 Å². The zero-order chi connectivity index (χ0) is 21.5. The molecule has 1 aliphatic heterocycles. The van der Waals surface area contributed by atoms with Crippen molar-refractivity contribution in [2.45, 2.75) is 52.9 Å². The minimum atomic E-state index is -0.339. The topological polar surface area (TPSA) is 26.3 Å². The number of rotatable bonds is 3. The van der Waals surface area contributed by atoms with Gasteiger partial charge in [-0.2, -0.15) is 0 Å². The summed E-state index contributed by atoms with van der Waals surface area (Å²) in [4.78, 5) is 11.9. The van der Waals surface area contributed by atoms with Crippen molar-refractivity contribution in [1.29, 1.82) is 0 Å². The fraction of sp³-hybridized carbons (Fsp3) is 0.370. The monoisotopic (exact) mass is 404 g/mol. The average Bonchev–Trinajstić information content (AvgIpc) is 3.08. The van der Waals surface area contributed by atoms with Crippen LogP contribution in [-0.2, 0) is 9.53 Å². The first-order chi connectivity index (χ1) is 14.1. The summed E-state index contributed by atoms with van der Waals surface area (Å²) in [5, 5.41) is 0. The van der Waals surface area contributed by atoms with Gasteiger partial charge >= 0.3 is 5.97 Å². The van der Waals surface area contributed by atoms with E-state index >= 15 is 0 Å². The van der Waals surface area contributed by atoms with E-state index in [-0.39, 0.29) is 28.5 Å². The van der Waals surface area contributed by atoms with Gasteiger partial charge in [0.1, 0.15) is 11.7 Å². The van der Waals surface area contributed by atoms with Crippen LogP contribution in [0.5, 0.6) is 0 Å². The first-order valence-corrected chi connectivity index (χ1v) is 10.6. The summed E-state index contributed by atoms with van der Waals surface area (Å²) in [5.74, 6) is -0.807. The largest absolute Gasteiger partial charge is 0.434 e. The molecule has 4 rings (SSSR count). The smallest absolute Gasteiger partial charge is 0.322 e. The van der Waals surface area contributed by atoms with Gasteiger partial charge in [0, 0.05) is 0 Å². The molecule has 0 spiro atoms. The fourth-order valence-corrected chi connectivity index (χ4v) is 5.45. The Labute approximate surface area is 178 Å². The summed E-state index contributed by atoms with van der Waals surface area (Å²) in [7, 11) is 0. The van der Waals surface area contributed by atoms with Crippen LogP contribution < -0.4 is 0 Å². The molecule has 1 saturated carbocycles. The van der Waals surface area contributed by atoms with Gasteiger partial charge in [-0.15, -0.1) is 0 Å². The second-order valence-electron chi connectivity index (χ2n) is 10.2. The van der Waals surface area contributed by atoms with Crippen molar-refractivity contribution < 1.29 is 13.9 Å². The van der Waals surface area contributed by atoms with E-state index in [0.29, 0.717) is 0 Å². The van der Waals surface area contributed by atoms with E-state index in [1.165, 1.54) is 36.0 Å². The minimum Gasteiger partial charge on any atom is -0.434 e. The second-order valence-corrected chi connectivity index (χ2v) is 10.2. The van der Waals surface area contributed by atoms with Crippen molar-refractivity contribution >= 4 is 11.5 Å². The van der Waals surface area contributed by atoms with Crippen LogP contribution in [0.15, 0.2) is 66.4 Å². The number of carbonyl (C=O) groups excluding carboxylic acids is 1. The number of cyclic esters (lactones) is 1. The molecule has 2 aromatic carbocycles. The predicted molar refractivity (Wildman–Crippen MR) is 118 cm³/mol. The SMILES string of the molecule is CC1(C)CC(=C(c2ccc(F)cc2)c2ccc(C3C=COC3=O)cc2)CC(C)(C)C1. The van der Waals surface area contributed by atoms with Gasteiger partial charge in [0.25, 0.3) is 0 Å². The molecule has 0 N–H and O–H groups in total. The van der Waals surface area contributed by atoms with Crippen molar-refractivity contribution in [2.24, 2.45) is 10.8 Å². The Kier molecular flexibility index (Phi) is 5.17. The molecule has 1 heterocycles. The summed E-state index contributed by atoms with van der Waals surface area (Å²) in [5.41, 5.74) is 6.08. The number of benzene rings is 2. The first kappa shape index (κ1) is 20.6. The highest BCUT2D eigenvalue weighted by Crippen LogP contribution is 2.50. The van der Waals surface area contributed by atoms with Crippen LogP contribution in [-0.4, -0.2) is 5.97 Å². The third-order valence-electron chi connectivity index (χ3n) is 6.10. The molecule has 0 amide bonds. The normalized spacial score (nSPS) is 22.1. The lowest BCUT2D eigenvalue weighted by Gasteiger charge is -2.43. The molecule has 2 nitrogen and oxygen atoms in total. The average molecular weight is 405 g/mol. The molecule has 1 unspecified atom stereocenters. The van der Waals surface area contributed by atoms with E-state index in [1.54, 1.807) is 6.08 Å². The lowest BCUT2D eigenvalue weighted by molar-refractivity contribution is -0.136. The molecular formula is C27H29FO2. The van der Waals surface area contributed by atoms with Gasteiger partial charge in [-0.25, -0.2) is 4.39 Å². The van der Waals surface area contributed by atoms with Crippen LogP contribution in [0.2, 0.25) is 0 Å². The molecular weight excluding hydrogens is 375 g/mol. The quantitative estimate of drug-likeness (QED) is 0.514. The molecule has 1 atom stereocenters. The van der Waals surface area contributed by atoms with Crippen LogP contribution in [0, 0.1) is 16.6 Å². The zero-order valence-corrected chi connectivity index (χ0v) is 18.2. The number of hydrogen-bond acceptors (Lipinski definition) is 2. The summed E-state index contributed by atoms with van der Waals surface area (Å²) < 4.78 is 18.6. The van der Waals surface area contributed by atoms with Crippen LogP contribution in [0.4, 0.5) is 4.39 Å². The molecule has 2 aliphatic rings. The van der Waals surface area contributed by atoms with E-state index in [2.05, 4.69) is 39.8 Å². The van der Waals surface area contributed by atoms with E-state index in [4.69, 9.17) is 4.74 Å². The van der Waals surface area contributed by atoms with E-state index in [0.717, 1.165) is 29.5 Å². The molecule has 2 aromatic rings. The van der Waals surface area contributed by atoms with Gasteiger partial charge < -0.3 is 4.74 Å². The number of carbonyl (C=O) groups is 1. The Morgan fingerprint density at radius 2 is 1.43 bits per heavy atom. The lowest BCUT2D eigenvalue weighted by atomic mass is 9.62. The Morgan fingerprint density at radius 1 is 0.900 bits per heavy atom. The maximum atomic E-state index is 13.6. The molecule has 1 fully saturated rings. The second kappa shape index (κ2) is 7.54. The van der Waals surface area contributed by atoms with E-state index in [1.807, 2.05) is 24.3 Å². The molecule has 1 aliphatic carbocycles. The molecule has 0 bridgehead atoms. The number of hydrogen-bond donors (Lipinski definition) is 0. The Hall–Kier alpha value is -2.68. The molecule has 3 heteroatoms. The lowest BCUT2D eigenvalue weighted by Crippen LogP contribution is -2.30. The summed E-state index contributed by atoms with van der Waals surface area (Å²) in [6, 6.07) is 15.0. The summed E-state index contributed by atoms with van der Waals surface area (Å²) >= 11 is 0. The number of ether oxygens (including phenoxy) is 1.